The van der Waals surface area contributed by atoms with E-state index in [4.69, 9.17) is 32.8 Å². The summed E-state index contributed by atoms with van der Waals surface area (Å²) in [5.74, 6) is 0. The molecule has 0 saturated carbocycles. The minimum Gasteiger partial charge on any atom is -0.415 e. The Morgan fingerprint density at radius 2 is 0.750 bits per heavy atom. The van der Waals surface area contributed by atoms with Crippen molar-refractivity contribution in [1.82, 2.24) is 4.90 Å². The van der Waals surface area contributed by atoms with Gasteiger partial charge in [-0.15, -0.1) is 0 Å². The summed E-state index contributed by atoms with van der Waals surface area (Å²) in [5, 5.41) is 0. The number of likely N-dealkylation sites (N-methyl/N-ethyl adjacent to an activating group) is 1. The molecule has 9 heteroatoms. The lowest BCUT2D eigenvalue weighted by Crippen LogP contribution is -2.27. The van der Waals surface area contributed by atoms with Crippen LogP contribution < -0.4 is 0 Å². The molecule has 0 aromatic heterocycles. The maximum Gasteiger partial charge on any atom is 0.183 e. The van der Waals surface area contributed by atoms with E-state index < -0.39 is 8.32 Å². The van der Waals surface area contributed by atoms with Gasteiger partial charge in [-0.25, -0.2) is 0 Å². The Bertz CT molecular complexity index is 317. The van der Waals surface area contributed by atoms with Gasteiger partial charge in [0.25, 0.3) is 0 Å². The van der Waals surface area contributed by atoms with Crippen LogP contribution in [0, 0.1) is 0 Å². The summed E-state index contributed by atoms with van der Waals surface area (Å²) >= 11 is 0. The molecule has 0 aromatic rings. The molecule has 0 fully saturated rings. The molecular formula is C19H43NO7Si. The average molecular weight is 426 g/mol. The van der Waals surface area contributed by atoms with Gasteiger partial charge in [-0.1, -0.05) is 0 Å². The normalized spacial score (nSPS) is 12.2. The Labute approximate surface area is 172 Å². The van der Waals surface area contributed by atoms with E-state index in [1.165, 1.54) is 0 Å². The van der Waals surface area contributed by atoms with Gasteiger partial charge in [-0.3, -0.25) is 0 Å². The van der Waals surface area contributed by atoms with E-state index in [-0.39, 0.29) is 0 Å². The molecular weight excluding hydrogens is 382 g/mol. The second-order valence-electron chi connectivity index (χ2n) is 7.44. The highest BCUT2D eigenvalue weighted by Crippen LogP contribution is 2.01. The Morgan fingerprint density at radius 1 is 0.464 bits per heavy atom. The number of ether oxygens (including phenoxy) is 6. The Kier molecular flexibility index (Phi) is 20.1. The molecule has 0 aliphatic rings. The van der Waals surface area contributed by atoms with Crippen LogP contribution in [0.1, 0.15) is 0 Å². The van der Waals surface area contributed by atoms with Crippen molar-refractivity contribution in [2.45, 2.75) is 19.6 Å². The van der Waals surface area contributed by atoms with Crippen molar-refractivity contribution in [3.05, 3.63) is 0 Å². The van der Waals surface area contributed by atoms with Crippen LogP contribution in [0.5, 0.6) is 0 Å². The van der Waals surface area contributed by atoms with Gasteiger partial charge in [-0.05, 0) is 33.7 Å². The maximum atomic E-state index is 5.70. The number of hydrogen-bond acceptors (Lipinski definition) is 8. The highest BCUT2D eigenvalue weighted by molar-refractivity contribution is 6.69. The quantitative estimate of drug-likeness (QED) is 0.191. The van der Waals surface area contributed by atoms with Crippen LogP contribution >= 0.6 is 0 Å². The Balaban J connectivity index is 3.03. The molecule has 0 rings (SSSR count). The molecule has 0 saturated heterocycles. The van der Waals surface area contributed by atoms with Crippen LogP contribution in [-0.2, 0) is 32.8 Å². The largest absolute Gasteiger partial charge is 0.415 e. The molecule has 28 heavy (non-hydrogen) atoms. The predicted molar refractivity (Wildman–Crippen MR) is 113 cm³/mol. The van der Waals surface area contributed by atoms with E-state index >= 15 is 0 Å². The molecule has 0 heterocycles. The predicted octanol–water partition coefficient (Wildman–Crippen LogP) is 1.50. The standard InChI is InChI=1S/C19H43NO7Si/c1-20(2)6-7-21-8-9-22-10-11-23-12-13-24-14-15-25-16-17-26-18-19-27-28(3,4)5/h6-19H2,1-5H3. The monoisotopic (exact) mass is 425 g/mol. The summed E-state index contributed by atoms with van der Waals surface area (Å²) in [6.07, 6.45) is 0. The average Bonchev–Trinajstić information content (AvgIpc) is 2.61. The second-order valence-corrected chi connectivity index (χ2v) is 12.0. The SMILES string of the molecule is CN(C)CCOCCOCCOCCOCCOCCOCCO[Si](C)(C)C. The van der Waals surface area contributed by atoms with Crippen molar-refractivity contribution >= 4 is 8.32 Å². The lowest BCUT2D eigenvalue weighted by Gasteiger charge is -2.16. The van der Waals surface area contributed by atoms with Crippen LogP contribution in [0.4, 0.5) is 0 Å². The van der Waals surface area contributed by atoms with Crippen LogP contribution in [0.25, 0.3) is 0 Å². The third kappa shape index (κ3) is 25.9. The van der Waals surface area contributed by atoms with E-state index in [1.54, 1.807) is 0 Å². The van der Waals surface area contributed by atoms with Gasteiger partial charge < -0.3 is 37.7 Å². The number of hydrogen-bond donors (Lipinski definition) is 0. The number of rotatable bonds is 22. The van der Waals surface area contributed by atoms with E-state index in [2.05, 4.69) is 24.5 Å². The zero-order valence-corrected chi connectivity index (χ0v) is 19.7. The summed E-state index contributed by atoms with van der Waals surface area (Å²) in [6.45, 7) is 15.2. The highest BCUT2D eigenvalue weighted by Gasteiger charge is 2.12. The fraction of sp³-hybridized carbons (Fsp3) is 1.00. The molecule has 0 atom stereocenters. The lowest BCUT2D eigenvalue weighted by atomic mass is 10.6. The zero-order chi connectivity index (χ0) is 20.9. The Hall–Kier alpha value is -0.103. The third-order valence-corrected chi connectivity index (χ3v) is 4.38. The van der Waals surface area contributed by atoms with E-state index in [9.17, 15) is 0 Å². The van der Waals surface area contributed by atoms with E-state index in [0.717, 1.165) is 13.2 Å². The maximum absolute atomic E-state index is 5.70. The van der Waals surface area contributed by atoms with Crippen molar-refractivity contribution < 1.29 is 32.8 Å². The Morgan fingerprint density at radius 3 is 1.04 bits per heavy atom. The van der Waals surface area contributed by atoms with Crippen molar-refractivity contribution in [3.8, 4) is 0 Å². The molecule has 170 valence electrons. The van der Waals surface area contributed by atoms with Gasteiger partial charge in [0, 0.05) is 6.54 Å². The molecule has 0 N–H and O–H groups in total. The summed E-state index contributed by atoms with van der Waals surface area (Å²) in [5.41, 5.74) is 0. The van der Waals surface area contributed by atoms with Crippen molar-refractivity contribution in [3.63, 3.8) is 0 Å². The molecule has 0 aliphatic carbocycles. The molecule has 0 amide bonds. The third-order valence-electron chi connectivity index (χ3n) is 3.31. The summed E-state index contributed by atoms with van der Waals surface area (Å²) in [4.78, 5) is 2.09. The molecule has 0 aliphatic heterocycles. The molecule has 0 unspecified atom stereocenters. The fourth-order valence-corrected chi connectivity index (χ4v) is 2.55. The van der Waals surface area contributed by atoms with Crippen molar-refractivity contribution in [1.29, 1.82) is 0 Å². The first-order valence-corrected chi connectivity index (χ1v) is 13.6. The molecule has 0 radical (unpaired) electrons. The van der Waals surface area contributed by atoms with Crippen LogP contribution in [-0.4, -0.2) is 120 Å². The summed E-state index contributed by atoms with van der Waals surface area (Å²) in [7, 11) is 2.62. The van der Waals surface area contributed by atoms with E-state index in [0.29, 0.717) is 79.3 Å². The van der Waals surface area contributed by atoms with Crippen molar-refractivity contribution in [2.75, 3.05) is 107 Å². The van der Waals surface area contributed by atoms with Gasteiger partial charge in [0.2, 0.25) is 0 Å². The van der Waals surface area contributed by atoms with Crippen LogP contribution in [0.2, 0.25) is 19.6 Å². The molecule has 0 spiro atoms. The minimum atomic E-state index is -1.43. The topological polar surface area (TPSA) is 67.9 Å². The van der Waals surface area contributed by atoms with Gasteiger partial charge in [0.1, 0.15) is 0 Å². The number of nitrogens with zero attached hydrogens (tertiary/aromatic N) is 1. The van der Waals surface area contributed by atoms with Gasteiger partial charge >= 0.3 is 0 Å². The van der Waals surface area contributed by atoms with Crippen molar-refractivity contribution in [2.24, 2.45) is 0 Å². The first-order valence-electron chi connectivity index (χ1n) is 10.2. The second kappa shape index (κ2) is 20.2. The summed E-state index contributed by atoms with van der Waals surface area (Å²) in [6, 6.07) is 0. The first-order chi connectivity index (χ1) is 13.4. The minimum absolute atomic E-state index is 0.557. The molecule has 0 bridgehead atoms. The summed E-state index contributed by atoms with van der Waals surface area (Å²) < 4.78 is 38.3. The van der Waals surface area contributed by atoms with Gasteiger partial charge in [0.05, 0.1) is 85.9 Å². The van der Waals surface area contributed by atoms with Crippen LogP contribution in [0.15, 0.2) is 0 Å². The van der Waals surface area contributed by atoms with Gasteiger partial charge in [0.15, 0.2) is 8.32 Å². The zero-order valence-electron chi connectivity index (χ0n) is 18.7. The smallest absolute Gasteiger partial charge is 0.183 e. The molecule has 0 aromatic carbocycles. The van der Waals surface area contributed by atoms with Gasteiger partial charge in [-0.2, -0.15) is 0 Å². The highest BCUT2D eigenvalue weighted by atomic mass is 28.4. The molecule has 8 nitrogen and oxygen atoms in total. The fourth-order valence-electron chi connectivity index (χ4n) is 1.86. The van der Waals surface area contributed by atoms with Crippen LogP contribution in [0.3, 0.4) is 0 Å². The lowest BCUT2D eigenvalue weighted by molar-refractivity contribution is -0.0182. The van der Waals surface area contributed by atoms with E-state index in [1.807, 2.05) is 14.1 Å². The first kappa shape index (κ1) is 27.9.